The van der Waals surface area contributed by atoms with Gasteiger partial charge in [0.15, 0.2) is 5.03 Å². The summed E-state index contributed by atoms with van der Waals surface area (Å²) in [6.45, 7) is 5.46. The van der Waals surface area contributed by atoms with Crippen molar-refractivity contribution in [3.05, 3.63) is 11.3 Å². The van der Waals surface area contributed by atoms with Gasteiger partial charge in [0.1, 0.15) is 0 Å². The topological polar surface area (TPSA) is 52.0 Å². The molecule has 1 aromatic rings. The summed E-state index contributed by atoms with van der Waals surface area (Å²) in [7, 11) is -4.71. The second-order valence-electron chi connectivity index (χ2n) is 5.46. The summed E-state index contributed by atoms with van der Waals surface area (Å²) in [5.74, 6) is 0. The predicted octanol–water partition coefficient (Wildman–Crippen LogP) is 2.18. The number of hydrogen-bond donors (Lipinski definition) is 0. The summed E-state index contributed by atoms with van der Waals surface area (Å²) in [5.41, 5.74) is 0.780. The molecule has 17 heavy (non-hydrogen) atoms. The Kier molecular flexibility index (Phi) is 2.80. The average molecular weight is 260 g/mol. The van der Waals surface area contributed by atoms with Gasteiger partial charge in [-0.25, -0.2) is 4.68 Å². The van der Waals surface area contributed by atoms with Crippen molar-refractivity contribution in [3.8, 4) is 0 Å². The molecule has 6 heteroatoms. The van der Waals surface area contributed by atoms with Crippen molar-refractivity contribution in [1.82, 2.24) is 9.78 Å². The van der Waals surface area contributed by atoms with Crippen LogP contribution in [0.3, 0.4) is 0 Å². The summed E-state index contributed by atoms with van der Waals surface area (Å²) in [6.07, 6.45) is 3.22. The van der Waals surface area contributed by atoms with E-state index in [9.17, 15) is 12.3 Å². The Morgan fingerprint density at radius 2 is 1.82 bits per heavy atom. The van der Waals surface area contributed by atoms with E-state index in [2.05, 4.69) is 5.10 Å². The number of halogens is 1. The van der Waals surface area contributed by atoms with Crippen LogP contribution in [0, 0.1) is 0 Å². The molecule has 0 N–H and O–H groups in total. The standard InChI is InChI=1S/C11H17FN2O2S/c1-11(2,3)14-10(17(12,15)16)8-6-4-5-7-9(8)13-14/h4-7H2,1-3H3. The quantitative estimate of drug-likeness (QED) is 0.727. The normalized spacial score (nSPS) is 16.9. The Morgan fingerprint density at radius 3 is 2.35 bits per heavy atom. The molecule has 0 fully saturated rings. The van der Waals surface area contributed by atoms with Crippen LogP contribution < -0.4 is 0 Å². The minimum atomic E-state index is -4.71. The molecule has 0 saturated carbocycles. The minimum absolute atomic E-state index is 0.236. The van der Waals surface area contributed by atoms with Gasteiger partial charge in [0.05, 0.1) is 11.2 Å². The van der Waals surface area contributed by atoms with Crippen LogP contribution in [0.25, 0.3) is 0 Å². The molecule has 0 aliphatic heterocycles. The van der Waals surface area contributed by atoms with Gasteiger partial charge >= 0.3 is 10.2 Å². The van der Waals surface area contributed by atoms with E-state index >= 15 is 0 Å². The fraction of sp³-hybridized carbons (Fsp3) is 0.727. The first kappa shape index (κ1) is 12.5. The summed E-state index contributed by atoms with van der Waals surface area (Å²) < 4.78 is 37.4. The van der Waals surface area contributed by atoms with Gasteiger partial charge in [-0.05, 0) is 46.5 Å². The van der Waals surface area contributed by atoms with Crippen LogP contribution in [0.5, 0.6) is 0 Å². The minimum Gasteiger partial charge on any atom is -0.246 e. The smallest absolute Gasteiger partial charge is 0.246 e. The fourth-order valence-electron chi connectivity index (χ4n) is 2.23. The maximum absolute atomic E-state index is 13.4. The first-order valence-corrected chi connectivity index (χ1v) is 7.15. The molecule has 0 aromatic carbocycles. The number of nitrogens with zero attached hydrogens (tertiary/aromatic N) is 2. The van der Waals surface area contributed by atoms with E-state index in [0.717, 1.165) is 25.0 Å². The second kappa shape index (κ2) is 3.80. The number of rotatable bonds is 1. The highest BCUT2D eigenvalue weighted by Gasteiger charge is 2.33. The average Bonchev–Trinajstić information content (AvgIpc) is 2.54. The van der Waals surface area contributed by atoms with Gasteiger partial charge in [0.2, 0.25) is 0 Å². The van der Waals surface area contributed by atoms with E-state index in [1.54, 1.807) is 0 Å². The Labute approximate surface area is 101 Å². The van der Waals surface area contributed by atoms with Crippen LogP contribution >= 0.6 is 0 Å². The van der Waals surface area contributed by atoms with Crippen LogP contribution in [-0.2, 0) is 28.6 Å². The van der Waals surface area contributed by atoms with E-state index in [0.29, 0.717) is 12.0 Å². The predicted molar refractivity (Wildman–Crippen MR) is 62.2 cm³/mol. The third-order valence-corrected chi connectivity index (χ3v) is 3.86. The maximum atomic E-state index is 13.4. The number of aromatic nitrogens is 2. The van der Waals surface area contributed by atoms with Gasteiger partial charge in [-0.15, -0.1) is 0 Å². The third-order valence-electron chi connectivity index (χ3n) is 2.98. The molecule has 1 aliphatic rings. The molecule has 1 heterocycles. The lowest BCUT2D eigenvalue weighted by molar-refractivity contribution is 0.321. The number of aryl methyl sites for hydroxylation is 1. The maximum Gasteiger partial charge on any atom is 0.349 e. The second-order valence-corrected chi connectivity index (χ2v) is 6.72. The summed E-state index contributed by atoms with van der Waals surface area (Å²) in [5, 5.41) is 4.05. The van der Waals surface area contributed by atoms with E-state index < -0.39 is 15.8 Å². The van der Waals surface area contributed by atoms with Crippen LogP contribution in [0.1, 0.15) is 44.9 Å². The monoisotopic (exact) mass is 260 g/mol. The molecule has 0 atom stereocenters. The summed E-state index contributed by atoms with van der Waals surface area (Å²) in [6, 6.07) is 0. The fourth-order valence-corrected chi connectivity index (χ4v) is 3.26. The lowest BCUT2D eigenvalue weighted by Crippen LogP contribution is -2.26. The van der Waals surface area contributed by atoms with Crippen LogP contribution in [0.15, 0.2) is 5.03 Å². The highest BCUT2D eigenvalue weighted by Crippen LogP contribution is 2.31. The van der Waals surface area contributed by atoms with Crippen LogP contribution in [0.4, 0.5) is 3.89 Å². The highest BCUT2D eigenvalue weighted by molar-refractivity contribution is 7.86. The third kappa shape index (κ3) is 2.22. The Hall–Kier alpha value is -0.910. The van der Waals surface area contributed by atoms with Crippen molar-refractivity contribution in [3.63, 3.8) is 0 Å². The summed E-state index contributed by atoms with van der Waals surface area (Å²) >= 11 is 0. The molecule has 0 amide bonds. The SMILES string of the molecule is CC(C)(C)n1nc2c(c1S(=O)(=O)F)CCCC2. The van der Waals surface area contributed by atoms with Crippen molar-refractivity contribution in [1.29, 1.82) is 0 Å². The van der Waals surface area contributed by atoms with Crippen LogP contribution in [-0.4, -0.2) is 18.2 Å². The lowest BCUT2D eigenvalue weighted by Gasteiger charge is -2.21. The van der Waals surface area contributed by atoms with E-state index in [-0.39, 0.29) is 5.03 Å². The molecular formula is C11H17FN2O2S. The summed E-state index contributed by atoms with van der Waals surface area (Å²) in [4.78, 5) is 0. The molecule has 1 aliphatic carbocycles. The molecule has 1 aromatic heterocycles. The van der Waals surface area contributed by atoms with Crippen molar-refractivity contribution in [2.24, 2.45) is 0 Å². The Bertz CT molecular complexity index is 541. The van der Waals surface area contributed by atoms with Crippen molar-refractivity contribution in [2.75, 3.05) is 0 Å². The molecule has 4 nitrogen and oxygen atoms in total. The first-order valence-electron chi connectivity index (χ1n) is 5.77. The number of hydrogen-bond acceptors (Lipinski definition) is 3. The van der Waals surface area contributed by atoms with Crippen molar-refractivity contribution >= 4 is 10.2 Å². The molecular weight excluding hydrogens is 243 g/mol. The van der Waals surface area contributed by atoms with Gasteiger partial charge in [-0.1, -0.05) is 3.89 Å². The van der Waals surface area contributed by atoms with Gasteiger partial charge in [-0.2, -0.15) is 13.5 Å². The zero-order valence-corrected chi connectivity index (χ0v) is 11.1. The molecule has 0 unspecified atom stereocenters. The van der Waals surface area contributed by atoms with Gasteiger partial charge in [-0.3, -0.25) is 0 Å². The molecule has 0 radical (unpaired) electrons. The van der Waals surface area contributed by atoms with Crippen molar-refractivity contribution in [2.45, 2.75) is 57.0 Å². The molecule has 96 valence electrons. The van der Waals surface area contributed by atoms with Crippen molar-refractivity contribution < 1.29 is 12.3 Å². The highest BCUT2D eigenvalue weighted by atomic mass is 32.3. The van der Waals surface area contributed by atoms with Gasteiger partial charge in [0.25, 0.3) is 0 Å². The molecule has 0 spiro atoms. The van der Waals surface area contributed by atoms with Gasteiger partial charge < -0.3 is 0 Å². The molecule has 0 bridgehead atoms. The van der Waals surface area contributed by atoms with Gasteiger partial charge in [0, 0.05) is 5.56 Å². The largest absolute Gasteiger partial charge is 0.349 e. The first-order chi connectivity index (χ1) is 7.71. The zero-order chi connectivity index (χ0) is 12.8. The zero-order valence-electron chi connectivity index (χ0n) is 10.3. The van der Waals surface area contributed by atoms with E-state index in [1.165, 1.54) is 4.68 Å². The van der Waals surface area contributed by atoms with E-state index in [4.69, 9.17) is 0 Å². The molecule has 2 rings (SSSR count). The molecule has 0 saturated heterocycles. The Balaban J connectivity index is 2.72. The number of fused-ring (bicyclic) bond motifs is 1. The van der Waals surface area contributed by atoms with Crippen LogP contribution in [0.2, 0.25) is 0 Å². The van der Waals surface area contributed by atoms with E-state index in [1.807, 2.05) is 20.8 Å². The lowest BCUT2D eigenvalue weighted by atomic mass is 9.98. The Morgan fingerprint density at radius 1 is 1.24 bits per heavy atom.